The highest BCUT2D eigenvalue weighted by atomic mass is 16.2. The van der Waals surface area contributed by atoms with Crippen LogP contribution in [0.3, 0.4) is 0 Å². The van der Waals surface area contributed by atoms with Gasteiger partial charge in [-0.25, -0.2) is 0 Å². The summed E-state index contributed by atoms with van der Waals surface area (Å²) >= 11 is 0. The summed E-state index contributed by atoms with van der Waals surface area (Å²) in [5, 5.41) is 0. The zero-order chi connectivity index (χ0) is 14.5. The maximum atomic E-state index is 11.9. The van der Waals surface area contributed by atoms with Gasteiger partial charge in [0.05, 0.1) is 6.04 Å². The van der Waals surface area contributed by atoms with E-state index in [-0.39, 0.29) is 5.91 Å². The molecular weight excluding hydrogens is 250 g/mol. The van der Waals surface area contributed by atoms with E-state index in [1.807, 2.05) is 18.0 Å². The summed E-state index contributed by atoms with van der Waals surface area (Å²) in [6, 6.07) is 10.5. The first-order chi connectivity index (χ1) is 9.58. The Morgan fingerprint density at radius 3 is 2.50 bits per heavy atom. The highest BCUT2D eigenvalue weighted by Crippen LogP contribution is 2.18. The van der Waals surface area contributed by atoms with Crippen LogP contribution in [-0.4, -0.2) is 47.9 Å². The maximum absolute atomic E-state index is 11.9. The monoisotopic (exact) mass is 275 g/mol. The average Bonchev–Trinajstić information content (AvgIpc) is 2.47. The Labute approximate surface area is 121 Å². The summed E-state index contributed by atoms with van der Waals surface area (Å²) < 4.78 is 0. The van der Waals surface area contributed by atoms with Crippen molar-refractivity contribution in [3.63, 3.8) is 0 Å². The van der Waals surface area contributed by atoms with Crippen molar-refractivity contribution in [1.29, 1.82) is 0 Å². The first-order valence-electron chi connectivity index (χ1n) is 7.36. The highest BCUT2D eigenvalue weighted by molar-refractivity contribution is 5.81. The molecule has 0 unspecified atom stereocenters. The third-order valence-corrected chi connectivity index (χ3v) is 4.09. The molecule has 1 aliphatic rings. The lowest BCUT2D eigenvalue weighted by Gasteiger charge is -2.37. The number of likely N-dealkylation sites (tertiary alicyclic amines) is 1. The fourth-order valence-electron chi connectivity index (χ4n) is 2.81. The number of nitrogens with two attached hydrogens (primary N) is 1. The van der Waals surface area contributed by atoms with Crippen molar-refractivity contribution in [2.45, 2.75) is 38.4 Å². The molecule has 0 aliphatic carbocycles. The van der Waals surface area contributed by atoms with Crippen molar-refractivity contribution >= 4 is 5.91 Å². The molecule has 1 aliphatic heterocycles. The fraction of sp³-hybridized carbons (Fsp3) is 0.562. The number of piperidine rings is 1. The van der Waals surface area contributed by atoms with Crippen LogP contribution < -0.4 is 5.73 Å². The number of rotatable bonds is 4. The van der Waals surface area contributed by atoms with E-state index in [4.69, 9.17) is 5.73 Å². The molecule has 4 nitrogen and oxygen atoms in total. The molecule has 0 spiro atoms. The molecule has 1 heterocycles. The van der Waals surface area contributed by atoms with Crippen molar-refractivity contribution in [2.24, 2.45) is 5.73 Å². The van der Waals surface area contributed by atoms with Crippen molar-refractivity contribution in [3.8, 4) is 0 Å². The van der Waals surface area contributed by atoms with E-state index < -0.39 is 6.04 Å². The van der Waals surface area contributed by atoms with E-state index >= 15 is 0 Å². The quantitative estimate of drug-likeness (QED) is 0.905. The molecule has 1 aromatic rings. The van der Waals surface area contributed by atoms with E-state index in [2.05, 4.69) is 29.2 Å². The van der Waals surface area contributed by atoms with Gasteiger partial charge < -0.3 is 10.6 Å². The second kappa shape index (κ2) is 6.86. The molecule has 4 heteroatoms. The summed E-state index contributed by atoms with van der Waals surface area (Å²) in [5.74, 6) is 0.0477. The number of nitrogens with zero attached hydrogens (tertiary/aromatic N) is 2. The lowest BCUT2D eigenvalue weighted by atomic mass is 10.0. The minimum Gasteiger partial charge on any atom is -0.341 e. The average molecular weight is 275 g/mol. The Morgan fingerprint density at radius 2 is 1.95 bits per heavy atom. The third-order valence-electron chi connectivity index (χ3n) is 4.09. The first-order valence-corrected chi connectivity index (χ1v) is 7.36. The van der Waals surface area contributed by atoms with Crippen LogP contribution in [0.4, 0.5) is 0 Å². The smallest absolute Gasteiger partial charge is 0.239 e. The highest BCUT2D eigenvalue weighted by Gasteiger charge is 2.26. The Kier molecular flexibility index (Phi) is 5.15. The van der Waals surface area contributed by atoms with Gasteiger partial charge in [0, 0.05) is 32.7 Å². The van der Waals surface area contributed by atoms with Crippen LogP contribution in [0.25, 0.3) is 0 Å². The lowest BCUT2D eigenvalue weighted by Crippen LogP contribution is -2.49. The number of carbonyl (C=O) groups is 1. The molecule has 2 rings (SSSR count). The fourth-order valence-corrected chi connectivity index (χ4v) is 2.81. The second-order valence-corrected chi connectivity index (χ2v) is 5.73. The van der Waals surface area contributed by atoms with Crippen LogP contribution in [-0.2, 0) is 11.3 Å². The molecule has 1 amide bonds. The molecule has 20 heavy (non-hydrogen) atoms. The van der Waals surface area contributed by atoms with Crippen molar-refractivity contribution in [1.82, 2.24) is 9.80 Å². The molecule has 0 saturated carbocycles. The molecule has 110 valence electrons. The number of amides is 1. The van der Waals surface area contributed by atoms with Gasteiger partial charge in [0.2, 0.25) is 5.91 Å². The van der Waals surface area contributed by atoms with Gasteiger partial charge in [0.25, 0.3) is 0 Å². The molecule has 1 saturated heterocycles. The zero-order valence-corrected chi connectivity index (χ0v) is 12.5. The molecule has 1 aromatic carbocycles. The van der Waals surface area contributed by atoms with Crippen LogP contribution in [0.2, 0.25) is 0 Å². The van der Waals surface area contributed by atoms with Gasteiger partial charge in [0.1, 0.15) is 0 Å². The molecular formula is C16H25N3O. The van der Waals surface area contributed by atoms with Gasteiger partial charge >= 0.3 is 0 Å². The largest absolute Gasteiger partial charge is 0.341 e. The zero-order valence-electron chi connectivity index (χ0n) is 12.5. The topological polar surface area (TPSA) is 49.6 Å². The lowest BCUT2D eigenvalue weighted by molar-refractivity contribution is -0.133. The molecule has 0 radical (unpaired) electrons. The van der Waals surface area contributed by atoms with Crippen LogP contribution in [0, 0.1) is 0 Å². The van der Waals surface area contributed by atoms with E-state index in [9.17, 15) is 4.79 Å². The van der Waals surface area contributed by atoms with Gasteiger partial charge in [-0.3, -0.25) is 9.69 Å². The van der Waals surface area contributed by atoms with Gasteiger partial charge in [-0.1, -0.05) is 30.3 Å². The summed E-state index contributed by atoms with van der Waals surface area (Å²) in [6.45, 7) is 4.83. The summed E-state index contributed by atoms with van der Waals surface area (Å²) in [4.78, 5) is 16.2. The molecule has 1 atom stereocenters. The maximum Gasteiger partial charge on any atom is 0.239 e. The molecule has 1 fully saturated rings. The van der Waals surface area contributed by atoms with Crippen LogP contribution in [0.1, 0.15) is 25.3 Å². The minimum atomic E-state index is -0.401. The van der Waals surface area contributed by atoms with Gasteiger partial charge in [0.15, 0.2) is 0 Å². The predicted octanol–water partition coefficient (Wildman–Crippen LogP) is 1.46. The number of likely N-dealkylation sites (N-methyl/N-ethyl adjacent to an activating group) is 1. The van der Waals surface area contributed by atoms with Crippen molar-refractivity contribution in [2.75, 3.05) is 20.1 Å². The minimum absolute atomic E-state index is 0.0477. The van der Waals surface area contributed by atoms with Gasteiger partial charge in [-0.2, -0.15) is 0 Å². The van der Waals surface area contributed by atoms with Gasteiger partial charge in [-0.15, -0.1) is 0 Å². The number of hydrogen-bond donors (Lipinski definition) is 1. The number of hydrogen-bond acceptors (Lipinski definition) is 3. The summed E-state index contributed by atoms with van der Waals surface area (Å²) in [5.41, 5.74) is 7.02. The van der Waals surface area contributed by atoms with Crippen LogP contribution in [0.15, 0.2) is 30.3 Å². The van der Waals surface area contributed by atoms with Crippen LogP contribution >= 0.6 is 0 Å². The van der Waals surface area contributed by atoms with Crippen LogP contribution in [0.5, 0.6) is 0 Å². The molecule has 0 bridgehead atoms. The SMILES string of the molecule is C[C@H](N)C(=O)N(C)C1CCN(Cc2ccccc2)CC1. The normalized spacial score (nSPS) is 18.8. The Hall–Kier alpha value is -1.39. The third kappa shape index (κ3) is 3.81. The second-order valence-electron chi connectivity index (χ2n) is 5.73. The molecule has 0 aromatic heterocycles. The summed E-state index contributed by atoms with van der Waals surface area (Å²) in [6.07, 6.45) is 2.06. The van der Waals surface area contributed by atoms with Gasteiger partial charge in [-0.05, 0) is 25.3 Å². The number of benzene rings is 1. The number of carbonyl (C=O) groups excluding carboxylic acids is 1. The van der Waals surface area contributed by atoms with E-state index in [0.717, 1.165) is 32.5 Å². The predicted molar refractivity (Wildman–Crippen MR) is 81.2 cm³/mol. The van der Waals surface area contributed by atoms with E-state index in [1.54, 1.807) is 6.92 Å². The first kappa shape index (κ1) is 15.0. The Balaban J connectivity index is 1.82. The summed E-state index contributed by atoms with van der Waals surface area (Å²) in [7, 11) is 1.88. The van der Waals surface area contributed by atoms with E-state index in [0.29, 0.717) is 6.04 Å². The Morgan fingerprint density at radius 1 is 1.35 bits per heavy atom. The Bertz CT molecular complexity index is 425. The van der Waals surface area contributed by atoms with E-state index in [1.165, 1.54) is 5.56 Å². The van der Waals surface area contributed by atoms with Crippen molar-refractivity contribution < 1.29 is 4.79 Å². The molecule has 2 N–H and O–H groups in total. The standard InChI is InChI=1S/C16H25N3O/c1-13(17)16(20)18(2)15-8-10-19(11-9-15)12-14-6-4-3-5-7-14/h3-7,13,15H,8-12,17H2,1-2H3/t13-/m0/s1. The van der Waals surface area contributed by atoms with Crippen molar-refractivity contribution in [3.05, 3.63) is 35.9 Å².